The molecule has 2 rings (SSSR count). The normalized spacial score (nSPS) is 11.4. The molecule has 1 N–H and O–H groups in total. The second kappa shape index (κ2) is 6.42. The van der Waals surface area contributed by atoms with Crippen LogP contribution >= 0.6 is 23.2 Å². The van der Waals surface area contributed by atoms with Gasteiger partial charge in [0.1, 0.15) is 6.04 Å². The van der Waals surface area contributed by atoms with E-state index in [1.807, 2.05) is 6.07 Å². The highest BCUT2D eigenvalue weighted by molar-refractivity contribution is 6.33. The van der Waals surface area contributed by atoms with Crippen LogP contribution in [0.1, 0.15) is 22.0 Å². The van der Waals surface area contributed by atoms with Crippen LogP contribution in [0.25, 0.3) is 0 Å². The van der Waals surface area contributed by atoms with Crippen molar-refractivity contribution >= 4 is 29.1 Å². The van der Waals surface area contributed by atoms with Crippen LogP contribution in [0.5, 0.6) is 0 Å². The van der Waals surface area contributed by atoms with Gasteiger partial charge in [0.15, 0.2) is 0 Å². The highest BCUT2D eigenvalue weighted by atomic mass is 35.5. The van der Waals surface area contributed by atoms with E-state index >= 15 is 0 Å². The summed E-state index contributed by atoms with van der Waals surface area (Å²) in [6.45, 7) is 0. The van der Waals surface area contributed by atoms with Crippen molar-refractivity contribution in [1.29, 1.82) is 5.26 Å². The molecule has 0 aliphatic rings. The van der Waals surface area contributed by atoms with Crippen LogP contribution < -0.4 is 5.32 Å². The lowest BCUT2D eigenvalue weighted by Gasteiger charge is -2.12. The molecule has 0 saturated heterocycles. The molecule has 0 fully saturated rings. The van der Waals surface area contributed by atoms with Gasteiger partial charge in [-0.25, -0.2) is 0 Å². The second-order valence-electron chi connectivity index (χ2n) is 4.07. The van der Waals surface area contributed by atoms with Gasteiger partial charge in [-0.15, -0.1) is 0 Å². The van der Waals surface area contributed by atoms with E-state index in [-0.39, 0.29) is 0 Å². The molecule has 0 heterocycles. The Morgan fingerprint density at radius 2 is 1.75 bits per heavy atom. The average molecular weight is 305 g/mol. The van der Waals surface area contributed by atoms with E-state index < -0.39 is 11.9 Å². The quantitative estimate of drug-likeness (QED) is 0.932. The predicted molar refractivity (Wildman–Crippen MR) is 78.7 cm³/mol. The summed E-state index contributed by atoms with van der Waals surface area (Å²) in [7, 11) is 0. The molecule has 0 radical (unpaired) electrons. The standard InChI is InChI=1S/C15H10Cl2N2O/c16-11-7-5-10(6-8-11)14(9-18)19-15(20)12-3-1-2-4-13(12)17/h1-8,14H,(H,19,20)/t14-/m1/s1. The van der Waals surface area contributed by atoms with Gasteiger partial charge in [0.25, 0.3) is 5.91 Å². The molecule has 0 spiro atoms. The molecule has 0 bridgehead atoms. The smallest absolute Gasteiger partial charge is 0.254 e. The summed E-state index contributed by atoms with van der Waals surface area (Å²) < 4.78 is 0. The zero-order chi connectivity index (χ0) is 14.5. The number of halogens is 2. The first-order chi connectivity index (χ1) is 9.61. The topological polar surface area (TPSA) is 52.9 Å². The van der Waals surface area contributed by atoms with Crippen LogP contribution in [0, 0.1) is 11.3 Å². The number of carbonyl (C=O) groups is 1. The van der Waals surface area contributed by atoms with Crippen molar-refractivity contribution in [1.82, 2.24) is 5.32 Å². The zero-order valence-electron chi connectivity index (χ0n) is 10.3. The lowest BCUT2D eigenvalue weighted by atomic mass is 10.1. The van der Waals surface area contributed by atoms with Crippen LogP contribution in [0.4, 0.5) is 0 Å². The van der Waals surface area contributed by atoms with E-state index in [9.17, 15) is 10.1 Å². The zero-order valence-corrected chi connectivity index (χ0v) is 11.8. The molecule has 0 unspecified atom stereocenters. The van der Waals surface area contributed by atoms with Crippen molar-refractivity contribution in [3.63, 3.8) is 0 Å². The fraction of sp³-hybridized carbons (Fsp3) is 0.0667. The van der Waals surface area contributed by atoms with Gasteiger partial charge in [-0.05, 0) is 29.8 Å². The summed E-state index contributed by atoms with van der Waals surface area (Å²) >= 11 is 11.7. The van der Waals surface area contributed by atoms with E-state index in [1.165, 1.54) is 0 Å². The molecule has 0 saturated carbocycles. The molecule has 2 aromatic carbocycles. The summed E-state index contributed by atoms with van der Waals surface area (Å²) in [6, 6.07) is 14.7. The number of benzene rings is 2. The van der Waals surface area contributed by atoms with Crippen molar-refractivity contribution in [3.8, 4) is 6.07 Å². The largest absolute Gasteiger partial charge is 0.332 e. The van der Waals surface area contributed by atoms with Crippen molar-refractivity contribution in [2.75, 3.05) is 0 Å². The van der Waals surface area contributed by atoms with Gasteiger partial charge in [-0.2, -0.15) is 5.26 Å². The van der Waals surface area contributed by atoms with Crippen molar-refractivity contribution in [3.05, 3.63) is 69.7 Å². The molecule has 0 aromatic heterocycles. The predicted octanol–water partition coefficient (Wildman–Crippen LogP) is 3.99. The maximum Gasteiger partial charge on any atom is 0.254 e. The molecular weight excluding hydrogens is 295 g/mol. The molecule has 20 heavy (non-hydrogen) atoms. The number of hydrogen-bond donors (Lipinski definition) is 1. The Morgan fingerprint density at radius 1 is 1.10 bits per heavy atom. The van der Waals surface area contributed by atoms with Gasteiger partial charge < -0.3 is 5.32 Å². The van der Waals surface area contributed by atoms with E-state index in [2.05, 4.69) is 5.32 Å². The number of rotatable bonds is 3. The average Bonchev–Trinajstić information content (AvgIpc) is 2.46. The maximum absolute atomic E-state index is 12.1. The molecule has 0 aliphatic heterocycles. The van der Waals surface area contributed by atoms with E-state index in [4.69, 9.17) is 23.2 Å². The number of amides is 1. The van der Waals surface area contributed by atoms with Gasteiger partial charge in [0, 0.05) is 5.02 Å². The molecule has 1 atom stereocenters. The van der Waals surface area contributed by atoms with Gasteiger partial charge in [0.05, 0.1) is 16.7 Å². The third-order valence-corrected chi connectivity index (χ3v) is 3.31. The van der Waals surface area contributed by atoms with Crippen LogP contribution in [-0.4, -0.2) is 5.91 Å². The van der Waals surface area contributed by atoms with Crippen molar-refractivity contribution in [2.45, 2.75) is 6.04 Å². The summed E-state index contributed by atoms with van der Waals surface area (Å²) in [6.07, 6.45) is 0. The first kappa shape index (κ1) is 14.4. The molecule has 5 heteroatoms. The molecule has 2 aromatic rings. The van der Waals surface area contributed by atoms with Gasteiger partial charge in [-0.3, -0.25) is 4.79 Å². The summed E-state index contributed by atoms with van der Waals surface area (Å²) in [5, 5.41) is 12.7. The summed E-state index contributed by atoms with van der Waals surface area (Å²) in [5.74, 6) is -0.392. The molecule has 0 aliphatic carbocycles. The SMILES string of the molecule is N#C[C@@H](NC(=O)c1ccccc1Cl)c1ccc(Cl)cc1. The first-order valence-corrected chi connectivity index (χ1v) is 6.58. The number of nitriles is 1. The molecule has 3 nitrogen and oxygen atoms in total. The lowest BCUT2D eigenvalue weighted by molar-refractivity contribution is 0.0945. The second-order valence-corrected chi connectivity index (χ2v) is 4.91. The first-order valence-electron chi connectivity index (χ1n) is 5.82. The Labute approximate surface area is 126 Å². The highest BCUT2D eigenvalue weighted by Gasteiger charge is 2.16. The van der Waals surface area contributed by atoms with Crippen molar-refractivity contribution < 1.29 is 4.79 Å². The number of nitrogens with zero attached hydrogens (tertiary/aromatic N) is 1. The molecular formula is C15H10Cl2N2O. The monoisotopic (exact) mass is 304 g/mol. The Kier molecular flexibility index (Phi) is 4.62. The Morgan fingerprint density at radius 3 is 2.35 bits per heavy atom. The minimum Gasteiger partial charge on any atom is -0.332 e. The third-order valence-electron chi connectivity index (χ3n) is 2.73. The Balaban J connectivity index is 2.19. The van der Waals surface area contributed by atoms with Gasteiger partial charge in [-0.1, -0.05) is 47.5 Å². The lowest BCUT2D eigenvalue weighted by Crippen LogP contribution is -2.27. The Hall–Kier alpha value is -2.02. The third kappa shape index (κ3) is 3.30. The summed E-state index contributed by atoms with van der Waals surface area (Å²) in [5.41, 5.74) is 1.00. The molecule has 100 valence electrons. The fourth-order valence-electron chi connectivity index (χ4n) is 1.70. The van der Waals surface area contributed by atoms with E-state index in [0.717, 1.165) is 0 Å². The number of nitrogens with one attached hydrogen (secondary N) is 1. The van der Waals surface area contributed by atoms with E-state index in [0.29, 0.717) is 21.2 Å². The minimum atomic E-state index is -0.754. The van der Waals surface area contributed by atoms with Crippen molar-refractivity contribution in [2.24, 2.45) is 0 Å². The number of carbonyl (C=O) groups excluding carboxylic acids is 1. The van der Waals surface area contributed by atoms with E-state index in [1.54, 1.807) is 48.5 Å². The highest BCUT2D eigenvalue weighted by Crippen LogP contribution is 2.19. The van der Waals surface area contributed by atoms with Crippen LogP contribution in [0.3, 0.4) is 0 Å². The minimum absolute atomic E-state index is 0.336. The van der Waals surface area contributed by atoms with Crippen LogP contribution in [0.2, 0.25) is 10.0 Å². The summed E-state index contributed by atoms with van der Waals surface area (Å²) in [4.78, 5) is 12.1. The fourth-order valence-corrected chi connectivity index (χ4v) is 2.05. The van der Waals surface area contributed by atoms with Crippen LogP contribution in [-0.2, 0) is 0 Å². The van der Waals surface area contributed by atoms with Crippen LogP contribution in [0.15, 0.2) is 48.5 Å². The number of hydrogen-bond acceptors (Lipinski definition) is 2. The maximum atomic E-state index is 12.1. The Bertz CT molecular complexity index is 662. The van der Waals surface area contributed by atoms with Gasteiger partial charge in [0.2, 0.25) is 0 Å². The van der Waals surface area contributed by atoms with Gasteiger partial charge >= 0.3 is 0 Å². The molecule has 1 amide bonds.